The molecule has 0 aliphatic heterocycles. The smallest absolute Gasteiger partial charge is 0.171 e. The van der Waals surface area contributed by atoms with Gasteiger partial charge in [0, 0.05) is 23.7 Å². The highest BCUT2D eigenvalue weighted by Gasteiger charge is 2.11. The number of hydrogen-bond acceptors (Lipinski definition) is 3. The quantitative estimate of drug-likeness (QED) is 0.895. The van der Waals surface area contributed by atoms with Crippen LogP contribution in [0.4, 0.5) is 0 Å². The Hall–Kier alpha value is -1.61. The third-order valence-corrected chi connectivity index (χ3v) is 3.11. The van der Waals surface area contributed by atoms with Crippen molar-refractivity contribution in [1.82, 2.24) is 10.5 Å². The summed E-state index contributed by atoms with van der Waals surface area (Å²) >= 11 is 0. The highest BCUT2D eigenvalue weighted by atomic mass is 16.5. The summed E-state index contributed by atoms with van der Waals surface area (Å²) in [6.07, 6.45) is 1.79. The molecule has 2 aromatic rings. The molecule has 0 radical (unpaired) electrons. The Morgan fingerprint density at radius 1 is 1.22 bits per heavy atom. The molecule has 1 heterocycles. The van der Waals surface area contributed by atoms with Gasteiger partial charge in [-0.15, -0.1) is 0 Å². The first-order chi connectivity index (χ1) is 8.58. The van der Waals surface area contributed by atoms with Crippen LogP contribution in [-0.4, -0.2) is 11.2 Å². The van der Waals surface area contributed by atoms with Gasteiger partial charge in [0.2, 0.25) is 0 Å². The molecule has 0 atom stereocenters. The van der Waals surface area contributed by atoms with Gasteiger partial charge < -0.3 is 9.84 Å². The summed E-state index contributed by atoms with van der Waals surface area (Å²) in [5.74, 6) is 0.867. The minimum absolute atomic E-state index is 0.451. The lowest BCUT2D eigenvalue weighted by atomic mass is 10.0. The second-order valence-corrected chi connectivity index (χ2v) is 5.01. The Kier molecular flexibility index (Phi) is 3.82. The number of rotatable bonds is 4. The zero-order valence-corrected chi connectivity index (χ0v) is 11.4. The lowest BCUT2D eigenvalue weighted by Gasteiger charge is -2.08. The summed E-state index contributed by atoms with van der Waals surface area (Å²) in [5, 5.41) is 7.30. The van der Waals surface area contributed by atoms with Crippen LogP contribution in [0.1, 0.15) is 30.5 Å². The van der Waals surface area contributed by atoms with E-state index in [0.29, 0.717) is 6.04 Å². The monoisotopic (exact) mass is 244 g/mol. The van der Waals surface area contributed by atoms with E-state index in [0.717, 1.165) is 23.4 Å². The summed E-state index contributed by atoms with van der Waals surface area (Å²) < 4.78 is 5.39. The van der Waals surface area contributed by atoms with Crippen molar-refractivity contribution in [3.8, 4) is 11.3 Å². The van der Waals surface area contributed by atoms with E-state index < -0.39 is 0 Å². The Morgan fingerprint density at radius 2 is 2.00 bits per heavy atom. The van der Waals surface area contributed by atoms with E-state index in [-0.39, 0.29) is 0 Å². The zero-order chi connectivity index (χ0) is 13.1. The van der Waals surface area contributed by atoms with Crippen LogP contribution >= 0.6 is 0 Å². The lowest BCUT2D eigenvalue weighted by molar-refractivity contribution is 0.431. The molecule has 3 nitrogen and oxygen atoms in total. The van der Waals surface area contributed by atoms with Crippen LogP contribution in [0.15, 0.2) is 28.9 Å². The molecule has 2 rings (SSSR count). The van der Waals surface area contributed by atoms with Gasteiger partial charge in [-0.3, -0.25) is 0 Å². The van der Waals surface area contributed by atoms with E-state index in [4.69, 9.17) is 4.52 Å². The number of aromatic nitrogens is 1. The standard InChI is InChI=1S/C15H20N2O/c1-10(2)16-8-14-9-17-18-15(14)13-6-5-11(3)12(4)7-13/h5-7,9-10,16H,8H2,1-4H3. The second kappa shape index (κ2) is 5.36. The molecular weight excluding hydrogens is 224 g/mol. The third kappa shape index (κ3) is 2.79. The Morgan fingerprint density at radius 3 is 2.67 bits per heavy atom. The minimum Gasteiger partial charge on any atom is -0.356 e. The number of aryl methyl sites for hydroxylation is 2. The van der Waals surface area contributed by atoms with Crippen LogP contribution in [0.3, 0.4) is 0 Å². The molecule has 0 saturated carbocycles. The summed E-state index contributed by atoms with van der Waals surface area (Å²) in [6.45, 7) is 9.26. The number of benzene rings is 1. The second-order valence-electron chi connectivity index (χ2n) is 5.01. The van der Waals surface area contributed by atoms with Crippen LogP contribution in [-0.2, 0) is 6.54 Å². The van der Waals surface area contributed by atoms with Gasteiger partial charge in [-0.25, -0.2) is 0 Å². The van der Waals surface area contributed by atoms with Gasteiger partial charge >= 0.3 is 0 Å². The summed E-state index contributed by atoms with van der Waals surface area (Å²) in [4.78, 5) is 0. The van der Waals surface area contributed by atoms with Crippen LogP contribution in [0.5, 0.6) is 0 Å². The molecular formula is C15H20N2O. The van der Waals surface area contributed by atoms with Crippen molar-refractivity contribution in [3.05, 3.63) is 41.1 Å². The highest BCUT2D eigenvalue weighted by Crippen LogP contribution is 2.25. The maximum Gasteiger partial charge on any atom is 0.171 e. The summed E-state index contributed by atoms with van der Waals surface area (Å²) in [5.41, 5.74) is 4.76. The van der Waals surface area contributed by atoms with Gasteiger partial charge in [0.15, 0.2) is 5.76 Å². The van der Waals surface area contributed by atoms with Crippen LogP contribution in [0, 0.1) is 13.8 Å². The summed E-state index contributed by atoms with van der Waals surface area (Å²) in [6, 6.07) is 6.80. The highest BCUT2D eigenvalue weighted by molar-refractivity contribution is 5.62. The van der Waals surface area contributed by atoms with Crippen molar-refractivity contribution < 1.29 is 4.52 Å². The van der Waals surface area contributed by atoms with Crippen LogP contribution < -0.4 is 5.32 Å². The van der Waals surface area contributed by atoms with Gasteiger partial charge in [0.05, 0.1) is 6.20 Å². The molecule has 0 bridgehead atoms. The molecule has 96 valence electrons. The average Bonchev–Trinajstić information content (AvgIpc) is 2.78. The van der Waals surface area contributed by atoms with Crippen molar-refractivity contribution in [2.24, 2.45) is 0 Å². The molecule has 0 unspecified atom stereocenters. The van der Waals surface area contributed by atoms with E-state index in [9.17, 15) is 0 Å². The largest absolute Gasteiger partial charge is 0.356 e. The van der Waals surface area contributed by atoms with Crippen molar-refractivity contribution in [2.45, 2.75) is 40.3 Å². The SMILES string of the molecule is Cc1ccc(-c2oncc2CNC(C)C)cc1C. The molecule has 0 spiro atoms. The summed E-state index contributed by atoms with van der Waals surface area (Å²) in [7, 11) is 0. The zero-order valence-electron chi connectivity index (χ0n) is 11.4. The average molecular weight is 244 g/mol. The van der Waals surface area contributed by atoms with E-state index in [2.05, 4.69) is 56.4 Å². The number of hydrogen-bond donors (Lipinski definition) is 1. The Labute approximate surface area is 108 Å². The number of nitrogens with zero attached hydrogens (tertiary/aromatic N) is 1. The number of nitrogens with one attached hydrogen (secondary N) is 1. The van der Waals surface area contributed by atoms with E-state index >= 15 is 0 Å². The van der Waals surface area contributed by atoms with Crippen molar-refractivity contribution in [3.63, 3.8) is 0 Å². The maximum atomic E-state index is 5.39. The molecule has 1 aromatic carbocycles. The Balaban J connectivity index is 2.27. The van der Waals surface area contributed by atoms with Crippen molar-refractivity contribution >= 4 is 0 Å². The fourth-order valence-corrected chi connectivity index (χ4v) is 1.82. The molecule has 1 aromatic heterocycles. The lowest BCUT2D eigenvalue weighted by Crippen LogP contribution is -2.21. The van der Waals surface area contributed by atoms with Gasteiger partial charge in [-0.2, -0.15) is 0 Å². The predicted octanol–water partition coefficient (Wildman–Crippen LogP) is 3.46. The van der Waals surface area contributed by atoms with E-state index in [1.54, 1.807) is 6.20 Å². The first-order valence-electron chi connectivity index (χ1n) is 6.32. The molecule has 0 aliphatic carbocycles. The van der Waals surface area contributed by atoms with Gasteiger partial charge in [0.25, 0.3) is 0 Å². The third-order valence-electron chi connectivity index (χ3n) is 3.11. The van der Waals surface area contributed by atoms with Gasteiger partial charge in [0.1, 0.15) is 0 Å². The van der Waals surface area contributed by atoms with Crippen molar-refractivity contribution in [1.29, 1.82) is 0 Å². The van der Waals surface area contributed by atoms with E-state index in [1.807, 2.05) is 0 Å². The molecule has 0 aliphatic rings. The molecule has 0 saturated heterocycles. The Bertz CT molecular complexity index is 529. The van der Waals surface area contributed by atoms with Crippen LogP contribution in [0.25, 0.3) is 11.3 Å². The van der Waals surface area contributed by atoms with E-state index in [1.165, 1.54) is 11.1 Å². The fraction of sp³-hybridized carbons (Fsp3) is 0.400. The molecule has 3 heteroatoms. The molecule has 0 fully saturated rings. The first kappa shape index (κ1) is 12.8. The topological polar surface area (TPSA) is 38.1 Å². The van der Waals surface area contributed by atoms with Crippen LogP contribution in [0.2, 0.25) is 0 Å². The molecule has 1 N–H and O–H groups in total. The van der Waals surface area contributed by atoms with Gasteiger partial charge in [-0.05, 0) is 31.0 Å². The molecule has 0 amide bonds. The minimum atomic E-state index is 0.451. The first-order valence-corrected chi connectivity index (χ1v) is 6.32. The maximum absolute atomic E-state index is 5.39. The van der Waals surface area contributed by atoms with Gasteiger partial charge in [-0.1, -0.05) is 31.1 Å². The predicted molar refractivity (Wildman–Crippen MR) is 73.4 cm³/mol. The molecule has 18 heavy (non-hydrogen) atoms. The normalized spacial score (nSPS) is 11.2. The fourth-order valence-electron chi connectivity index (χ4n) is 1.82. The van der Waals surface area contributed by atoms with Crippen molar-refractivity contribution in [2.75, 3.05) is 0 Å².